The average Bonchev–Trinajstić information content (AvgIpc) is 3.38. The molecule has 0 bridgehead atoms. The van der Waals surface area contributed by atoms with E-state index in [4.69, 9.17) is 9.47 Å². The number of esters is 1. The molecule has 2 heterocycles. The summed E-state index contributed by atoms with van der Waals surface area (Å²) in [6.45, 7) is 13.6. The molecule has 0 aliphatic carbocycles. The molecule has 0 saturated carbocycles. The van der Waals surface area contributed by atoms with Crippen molar-refractivity contribution in [2.75, 3.05) is 0 Å². The molecular formula is C32H38N4O7. The lowest BCUT2D eigenvalue weighted by Crippen LogP contribution is -2.57. The summed E-state index contributed by atoms with van der Waals surface area (Å²) >= 11 is 0. The number of aromatic nitrogens is 1. The molecule has 1 aliphatic heterocycles. The molecule has 1 atom stereocenters. The smallest absolute Gasteiger partial charge is 0.419 e. The number of urea groups is 1. The van der Waals surface area contributed by atoms with Crippen LogP contribution in [0, 0.1) is 5.92 Å². The Morgan fingerprint density at radius 1 is 0.837 bits per heavy atom. The highest BCUT2D eigenvalue weighted by molar-refractivity contribution is 6.21. The number of hydrogen-bond acceptors (Lipinski definition) is 7. The zero-order valence-corrected chi connectivity index (χ0v) is 25.8. The Morgan fingerprint density at radius 3 is 1.91 bits per heavy atom. The Balaban J connectivity index is 1.77. The van der Waals surface area contributed by atoms with Gasteiger partial charge in [0.25, 0.3) is 11.8 Å². The van der Waals surface area contributed by atoms with Crippen LogP contribution in [-0.4, -0.2) is 61.7 Å². The lowest BCUT2D eigenvalue weighted by Gasteiger charge is -2.33. The number of hydrazine groups is 1. The number of amides is 4. The topological polar surface area (TPSA) is 127 Å². The molecule has 11 heteroatoms. The van der Waals surface area contributed by atoms with Gasteiger partial charge < -0.3 is 14.8 Å². The van der Waals surface area contributed by atoms with Gasteiger partial charge in [0.2, 0.25) is 0 Å². The third-order valence-corrected chi connectivity index (χ3v) is 6.56. The van der Waals surface area contributed by atoms with Crippen molar-refractivity contribution >= 4 is 40.8 Å². The predicted molar refractivity (Wildman–Crippen MR) is 159 cm³/mol. The van der Waals surface area contributed by atoms with Crippen LogP contribution in [0.5, 0.6) is 0 Å². The summed E-state index contributed by atoms with van der Waals surface area (Å²) in [5, 5.41) is 5.02. The van der Waals surface area contributed by atoms with Gasteiger partial charge in [0.05, 0.1) is 23.2 Å². The predicted octanol–water partition coefficient (Wildman–Crippen LogP) is 5.51. The SMILES string of the molecule is CC(C)[C@H](NC(=O)N(Cc1cn(C(=O)OC(C)(C)C)c2ccccc12)N1C(=O)c2ccccc2C1=O)C(=O)OC(C)(C)C. The van der Waals surface area contributed by atoms with E-state index in [1.54, 1.807) is 91.8 Å². The molecule has 3 aromatic rings. The van der Waals surface area contributed by atoms with Crippen LogP contribution in [0.2, 0.25) is 0 Å². The minimum atomic E-state index is -1.08. The summed E-state index contributed by atoms with van der Waals surface area (Å²) < 4.78 is 12.4. The highest BCUT2D eigenvalue weighted by atomic mass is 16.6. The highest BCUT2D eigenvalue weighted by Crippen LogP contribution is 2.29. The van der Waals surface area contributed by atoms with Crippen molar-refractivity contribution in [2.24, 2.45) is 5.92 Å². The third-order valence-electron chi connectivity index (χ3n) is 6.56. The Kier molecular flexibility index (Phi) is 8.39. The number of ether oxygens (including phenoxy) is 2. The number of hydrogen-bond donors (Lipinski definition) is 1. The van der Waals surface area contributed by atoms with Crippen LogP contribution in [0.15, 0.2) is 54.7 Å². The van der Waals surface area contributed by atoms with Gasteiger partial charge in [0, 0.05) is 11.6 Å². The van der Waals surface area contributed by atoms with E-state index >= 15 is 0 Å². The van der Waals surface area contributed by atoms with Gasteiger partial charge in [-0.3, -0.25) is 14.2 Å². The molecule has 0 spiro atoms. The van der Waals surface area contributed by atoms with Crippen LogP contribution in [-0.2, 0) is 20.8 Å². The van der Waals surface area contributed by atoms with Gasteiger partial charge in [-0.1, -0.05) is 44.2 Å². The number of nitrogens with one attached hydrogen (secondary N) is 1. The molecule has 11 nitrogen and oxygen atoms in total. The fourth-order valence-corrected chi connectivity index (χ4v) is 4.70. The molecule has 43 heavy (non-hydrogen) atoms. The summed E-state index contributed by atoms with van der Waals surface area (Å²) in [5.74, 6) is -2.41. The first-order valence-electron chi connectivity index (χ1n) is 14.1. The maximum atomic E-state index is 14.0. The van der Waals surface area contributed by atoms with Gasteiger partial charge in [-0.05, 0) is 71.2 Å². The van der Waals surface area contributed by atoms with E-state index in [1.165, 1.54) is 22.9 Å². The van der Waals surface area contributed by atoms with Crippen molar-refractivity contribution in [3.8, 4) is 0 Å². The molecule has 0 unspecified atom stereocenters. The fraction of sp³-hybridized carbons (Fsp3) is 0.406. The Labute approximate surface area is 250 Å². The Bertz CT molecular complexity index is 1560. The van der Waals surface area contributed by atoms with Crippen LogP contribution in [0.4, 0.5) is 9.59 Å². The highest BCUT2D eigenvalue weighted by Gasteiger charge is 2.43. The molecule has 1 aliphatic rings. The maximum Gasteiger partial charge on any atom is 0.419 e. The minimum absolute atomic E-state index is 0.147. The third kappa shape index (κ3) is 6.71. The van der Waals surface area contributed by atoms with Crippen LogP contribution in [0.1, 0.15) is 81.7 Å². The number of rotatable bonds is 6. The van der Waals surface area contributed by atoms with Crippen molar-refractivity contribution in [1.82, 2.24) is 19.9 Å². The number of nitrogens with zero attached hydrogens (tertiary/aromatic N) is 3. The van der Waals surface area contributed by atoms with Crippen molar-refractivity contribution in [2.45, 2.75) is 79.2 Å². The van der Waals surface area contributed by atoms with Crippen molar-refractivity contribution < 1.29 is 33.4 Å². The molecule has 0 saturated heterocycles. The Morgan fingerprint density at radius 2 is 1.37 bits per heavy atom. The molecular weight excluding hydrogens is 552 g/mol. The fourth-order valence-electron chi connectivity index (χ4n) is 4.70. The summed E-state index contributed by atoms with van der Waals surface area (Å²) in [7, 11) is 0. The number of fused-ring (bicyclic) bond motifs is 2. The normalized spacial score (nSPS) is 14.1. The first kappa shape index (κ1) is 31.3. The molecule has 4 amide bonds. The van der Waals surface area contributed by atoms with E-state index in [0.717, 1.165) is 10.0 Å². The number of carbonyl (C=O) groups is 5. The van der Waals surface area contributed by atoms with E-state index in [-0.39, 0.29) is 23.6 Å². The van der Waals surface area contributed by atoms with E-state index in [9.17, 15) is 24.0 Å². The summed E-state index contributed by atoms with van der Waals surface area (Å²) in [6.07, 6.45) is 0.891. The lowest BCUT2D eigenvalue weighted by molar-refractivity contribution is -0.158. The molecule has 0 fully saturated rings. The van der Waals surface area contributed by atoms with E-state index < -0.39 is 47.2 Å². The minimum Gasteiger partial charge on any atom is -0.458 e. The second-order valence-electron chi connectivity index (χ2n) is 12.8. The molecule has 1 aromatic heterocycles. The largest absolute Gasteiger partial charge is 0.458 e. The molecule has 4 rings (SSSR count). The number of benzene rings is 2. The van der Waals surface area contributed by atoms with Gasteiger partial charge >= 0.3 is 18.1 Å². The van der Waals surface area contributed by atoms with Gasteiger partial charge in [-0.2, -0.15) is 5.01 Å². The molecule has 228 valence electrons. The van der Waals surface area contributed by atoms with E-state index in [1.807, 2.05) is 0 Å². The summed E-state index contributed by atoms with van der Waals surface area (Å²) in [4.78, 5) is 67.2. The van der Waals surface area contributed by atoms with Gasteiger partial charge in [-0.25, -0.2) is 19.4 Å². The summed E-state index contributed by atoms with van der Waals surface area (Å²) in [6, 6.07) is 11.4. The van der Waals surface area contributed by atoms with Crippen LogP contribution >= 0.6 is 0 Å². The first-order chi connectivity index (χ1) is 20.0. The second-order valence-corrected chi connectivity index (χ2v) is 12.8. The van der Waals surface area contributed by atoms with E-state index in [2.05, 4.69) is 5.32 Å². The van der Waals surface area contributed by atoms with Gasteiger partial charge in [-0.15, -0.1) is 0 Å². The number of carbonyl (C=O) groups excluding carboxylic acids is 5. The van der Waals surface area contributed by atoms with Crippen LogP contribution in [0.25, 0.3) is 10.9 Å². The molecule has 2 aromatic carbocycles. The van der Waals surface area contributed by atoms with Crippen molar-refractivity contribution in [3.63, 3.8) is 0 Å². The maximum absolute atomic E-state index is 14.0. The number of imide groups is 1. The van der Waals surface area contributed by atoms with Gasteiger partial charge in [0.1, 0.15) is 17.2 Å². The monoisotopic (exact) mass is 590 g/mol. The summed E-state index contributed by atoms with van der Waals surface area (Å²) in [5.41, 5.74) is -0.291. The molecule has 0 radical (unpaired) electrons. The van der Waals surface area contributed by atoms with Crippen molar-refractivity contribution in [1.29, 1.82) is 0 Å². The number of para-hydroxylation sites is 1. The van der Waals surface area contributed by atoms with E-state index in [0.29, 0.717) is 16.5 Å². The standard InChI is InChI=1S/C32H38N4O7/c1-19(2)25(28(39)42-31(3,4)5)33-29(40)35(36-26(37)22-14-9-10-15-23(22)27(36)38)18-20-17-34(30(41)43-32(6,7)8)24-16-12-11-13-21(20)24/h9-17,19,25H,18H2,1-8H3,(H,33,40)/t25-/m0/s1. The average molecular weight is 591 g/mol. The zero-order chi connectivity index (χ0) is 31.9. The second kappa shape index (κ2) is 11.5. The molecule has 1 N–H and O–H groups in total. The first-order valence-corrected chi connectivity index (χ1v) is 14.1. The van der Waals surface area contributed by atoms with Crippen LogP contribution in [0.3, 0.4) is 0 Å². The Hall–Kier alpha value is -4.67. The van der Waals surface area contributed by atoms with Crippen molar-refractivity contribution in [3.05, 3.63) is 71.4 Å². The zero-order valence-electron chi connectivity index (χ0n) is 25.8. The van der Waals surface area contributed by atoms with Gasteiger partial charge in [0.15, 0.2) is 0 Å². The van der Waals surface area contributed by atoms with Crippen LogP contribution < -0.4 is 5.32 Å². The lowest BCUT2D eigenvalue weighted by atomic mass is 10.0. The quantitative estimate of drug-likeness (QED) is 0.296.